The van der Waals surface area contributed by atoms with Gasteiger partial charge in [0.05, 0.1) is 10.6 Å². The molecule has 26 heavy (non-hydrogen) atoms. The number of para-hydroxylation sites is 1. The molecule has 3 nitrogen and oxygen atoms in total. The van der Waals surface area contributed by atoms with Gasteiger partial charge in [0.2, 0.25) is 0 Å². The van der Waals surface area contributed by atoms with E-state index in [-0.39, 0.29) is 4.90 Å². The second-order valence-electron chi connectivity index (χ2n) is 6.25. The molecule has 0 saturated carbocycles. The molecule has 0 unspecified atom stereocenters. The summed E-state index contributed by atoms with van der Waals surface area (Å²) in [5.41, 5.74) is 4.64. The van der Waals surface area contributed by atoms with Crippen molar-refractivity contribution in [1.29, 1.82) is 0 Å². The van der Waals surface area contributed by atoms with Gasteiger partial charge in [0.1, 0.15) is 0 Å². The fraction of sp³-hybridized carbons (Fsp3) is 0.0909. The summed E-state index contributed by atoms with van der Waals surface area (Å²) in [6.07, 6.45) is 3.89. The lowest BCUT2D eigenvalue weighted by molar-refractivity contribution is 0.601. The van der Waals surface area contributed by atoms with E-state index in [4.69, 9.17) is 0 Å². The van der Waals surface area contributed by atoms with Crippen molar-refractivity contribution < 1.29 is 8.42 Å². The van der Waals surface area contributed by atoms with Crippen LogP contribution in [0.15, 0.2) is 77.7 Å². The van der Waals surface area contributed by atoms with E-state index in [1.54, 1.807) is 30.3 Å². The van der Waals surface area contributed by atoms with Crippen molar-refractivity contribution in [3.8, 4) is 0 Å². The molecule has 0 atom stereocenters. The molecule has 1 N–H and O–H groups in total. The van der Waals surface area contributed by atoms with Gasteiger partial charge in [0.25, 0.3) is 10.0 Å². The molecule has 3 aromatic carbocycles. The fourth-order valence-electron chi connectivity index (χ4n) is 2.52. The number of nitrogens with one attached hydrogen (secondary N) is 1. The lowest BCUT2D eigenvalue weighted by atomic mass is 10.1. The maximum atomic E-state index is 12.6. The number of hydrogen-bond acceptors (Lipinski definition) is 2. The lowest BCUT2D eigenvalue weighted by Crippen LogP contribution is -2.13. The molecule has 3 rings (SSSR count). The standard InChI is InChI=1S/C22H21NO2S/c1-17-7-11-19(12-8-17)13-14-20-5-3-4-6-22(20)23-26(24,25)21-15-9-18(2)10-16-21/h3-16,23H,1-2H3/b14-13+. The van der Waals surface area contributed by atoms with Crippen LogP contribution in [0.1, 0.15) is 22.3 Å². The van der Waals surface area contributed by atoms with Crippen LogP contribution >= 0.6 is 0 Å². The highest BCUT2D eigenvalue weighted by Crippen LogP contribution is 2.22. The first-order chi connectivity index (χ1) is 12.4. The van der Waals surface area contributed by atoms with Crippen molar-refractivity contribution in [2.75, 3.05) is 4.72 Å². The van der Waals surface area contributed by atoms with Gasteiger partial charge in [-0.15, -0.1) is 0 Å². The Hall–Kier alpha value is -2.85. The van der Waals surface area contributed by atoms with Crippen LogP contribution in [-0.4, -0.2) is 8.42 Å². The average Bonchev–Trinajstić information content (AvgIpc) is 2.62. The summed E-state index contributed by atoms with van der Waals surface area (Å²) in [4.78, 5) is 0.250. The summed E-state index contributed by atoms with van der Waals surface area (Å²) in [5, 5.41) is 0. The van der Waals surface area contributed by atoms with E-state index < -0.39 is 10.0 Å². The van der Waals surface area contributed by atoms with Crippen LogP contribution in [0.2, 0.25) is 0 Å². The monoisotopic (exact) mass is 363 g/mol. The first-order valence-corrected chi connectivity index (χ1v) is 9.86. The Balaban J connectivity index is 1.87. The predicted octanol–water partition coefficient (Wildman–Crippen LogP) is 5.27. The Morgan fingerprint density at radius 2 is 1.31 bits per heavy atom. The Bertz CT molecular complexity index is 1020. The number of anilines is 1. The van der Waals surface area contributed by atoms with E-state index in [1.807, 2.05) is 68.5 Å². The van der Waals surface area contributed by atoms with E-state index in [0.29, 0.717) is 5.69 Å². The van der Waals surface area contributed by atoms with Crippen molar-refractivity contribution >= 4 is 27.9 Å². The second-order valence-corrected chi connectivity index (χ2v) is 7.93. The number of aryl methyl sites for hydroxylation is 2. The molecule has 0 aromatic heterocycles. The van der Waals surface area contributed by atoms with E-state index in [9.17, 15) is 8.42 Å². The van der Waals surface area contributed by atoms with Gasteiger partial charge in [0, 0.05) is 0 Å². The Kier molecular flexibility index (Phi) is 5.24. The topological polar surface area (TPSA) is 46.2 Å². The third-order valence-electron chi connectivity index (χ3n) is 4.07. The van der Waals surface area contributed by atoms with Crippen LogP contribution in [-0.2, 0) is 10.0 Å². The third kappa shape index (κ3) is 4.41. The highest BCUT2D eigenvalue weighted by molar-refractivity contribution is 7.92. The first-order valence-electron chi connectivity index (χ1n) is 8.37. The molecule has 0 aliphatic heterocycles. The van der Waals surface area contributed by atoms with Crippen molar-refractivity contribution in [3.63, 3.8) is 0 Å². The second kappa shape index (κ2) is 7.58. The van der Waals surface area contributed by atoms with Gasteiger partial charge in [-0.25, -0.2) is 8.42 Å². The zero-order valence-corrected chi connectivity index (χ0v) is 15.6. The quantitative estimate of drug-likeness (QED) is 0.627. The molecule has 0 aliphatic rings. The van der Waals surface area contributed by atoms with Crippen molar-refractivity contribution in [2.24, 2.45) is 0 Å². The minimum Gasteiger partial charge on any atom is -0.279 e. The molecule has 3 aromatic rings. The summed E-state index contributed by atoms with van der Waals surface area (Å²) < 4.78 is 28.0. The summed E-state index contributed by atoms with van der Waals surface area (Å²) >= 11 is 0. The summed E-state index contributed by atoms with van der Waals surface area (Å²) in [5.74, 6) is 0. The van der Waals surface area contributed by atoms with Crippen molar-refractivity contribution in [3.05, 3.63) is 95.1 Å². The van der Waals surface area contributed by atoms with Gasteiger partial charge in [-0.2, -0.15) is 0 Å². The number of hydrogen-bond donors (Lipinski definition) is 1. The fourth-order valence-corrected chi connectivity index (χ4v) is 3.61. The SMILES string of the molecule is Cc1ccc(/C=C/c2ccccc2NS(=O)(=O)c2ccc(C)cc2)cc1. The Morgan fingerprint density at radius 1 is 0.731 bits per heavy atom. The highest BCUT2D eigenvalue weighted by atomic mass is 32.2. The molecule has 0 saturated heterocycles. The molecular formula is C22H21NO2S. The normalized spacial score (nSPS) is 11.6. The molecule has 132 valence electrons. The van der Waals surface area contributed by atoms with E-state index in [2.05, 4.69) is 4.72 Å². The third-order valence-corrected chi connectivity index (χ3v) is 5.45. The van der Waals surface area contributed by atoms with Crippen LogP contribution in [0.25, 0.3) is 12.2 Å². The van der Waals surface area contributed by atoms with Crippen LogP contribution < -0.4 is 4.72 Å². The minimum absolute atomic E-state index is 0.250. The smallest absolute Gasteiger partial charge is 0.261 e. The number of rotatable bonds is 5. The Morgan fingerprint density at radius 3 is 1.96 bits per heavy atom. The molecule has 0 radical (unpaired) electrons. The largest absolute Gasteiger partial charge is 0.279 e. The summed E-state index contributed by atoms with van der Waals surface area (Å²) in [6, 6.07) is 22.3. The molecule has 0 spiro atoms. The molecule has 0 fully saturated rings. The highest BCUT2D eigenvalue weighted by Gasteiger charge is 2.14. The predicted molar refractivity (Wildman–Crippen MR) is 109 cm³/mol. The maximum Gasteiger partial charge on any atom is 0.261 e. The van der Waals surface area contributed by atoms with Crippen LogP contribution in [0.3, 0.4) is 0 Å². The number of benzene rings is 3. The lowest BCUT2D eigenvalue weighted by Gasteiger charge is -2.11. The van der Waals surface area contributed by atoms with Crippen LogP contribution in [0.4, 0.5) is 5.69 Å². The first kappa shape index (κ1) is 18.0. The Labute approximate surface area is 155 Å². The summed E-state index contributed by atoms with van der Waals surface area (Å²) in [7, 11) is -3.63. The molecule has 0 heterocycles. The average molecular weight is 363 g/mol. The van der Waals surface area contributed by atoms with Gasteiger partial charge in [-0.3, -0.25) is 4.72 Å². The van der Waals surface area contributed by atoms with Gasteiger partial charge in [-0.1, -0.05) is 77.9 Å². The molecule has 0 bridgehead atoms. The van der Waals surface area contributed by atoms with E-state index in [1.165, 1.54) is 5.56 Å². The van der Waals surface area contributed by atoms with Crippen LogP contribution in [0.5, 0.6) is 0 Å². The molecule has 0 aliphatic carbocycles. The van der Waals surface area contributed by atoms with Gasteiger partial charge < -0.3 is 0 Å². The molecule has 4 heteroatoms. The van der Waals surface area contributed by atoms with Gasteiger partial charge >= 0.3 is 0 Å². The minimum atomic E-state index is -3.63. The van der Waals surface area contributed by atoms with Crippen LogP contribution in [0, 0.1) is 13.8 Å². The zero-order chi connectivity index (χ0) is 18.6. The van der Waals surface area contributed by atoms with Gasteiger partial charge in [0.15, 0.2) is 0 Å². The van der Waals surface area contributed by atoms with E-state index in [0.717, 1.165) is 16.7 Å². The summed E-state index contributed by atoms with van der Waals surface area (Å²) in [6.45, 7) is 3.97. The molecule has 0 amide bonds. The van der Waals surface area contributed by atoms with Crippen molar-refractivity contribution in [1.82, 2.24) is 0 Å². The van der Waals surface area contributed by atoms with E-state index >= 15 is 0 Å². The molecular weight excluding hydrogens is 342 g/mol. The van der Waals surface area contributed by atoms with Crippen molar-refractivity contribution in [2.45, 2.75) is 18.7 Å². The van der Waals surface area contributed by atoms with Gasteiger partial charge in [-0.05, 0) is 43.2 Å². The zero-order valence-electron chi connectivity index (χ0n) is 14.8. The maximum absolute atomic E-state index is 12.6. The number of sulfonamides is 1.